The number of aryl methyl sites for hydroxylation is 2. The summed E-state index contributed by atoms with van der Waals surface area (Å²) in [5.41, 5.74) is 14.5. The molecule has 0 bridgehead atoms. The smallest absolute Gasteiger partial charge is 0.227 e. The molecule has 2 rings (SSSR count). The van der Waals surface area contributed by atoms with Gasteiger partial charge in [-0.2, -0.15) is 0 Å². The van der Waals surface area contributed by atoms with E-state index >= 15 is 0 Å². The zero-order valence-electron chi connectivity index (χ0n) is 10.6. The molecule has 0 spiro atoms. The number of primary amides is 1. The van der Waals surface area contributed by atoms with Crippen LogP contribution in [0.1, 0.15) is 17.5 Å². The molecule has 96 valence electrons. The molecule has 4 N–H and O–H groups in total. The lowest BCUT2D eigenvalue weighted by Crippen LogP contribution is -2.29. The summed E-state index contributed by atoms with van der Waals surface area (Å²) in [6, 6.07) is 3.80. The third-order valence-electron chi connectivity index (χ3n) is 3.27. The van der Waals surface area contributed by atoms with Crippen molar-refractivity contribution < 1.29 is 9.59 Å². The molecule has 1 aromatic rings. The molecule has 0 aliphatic carbocycles. The predicted molar refractivity (Wildman–Crippen MR) is 70.0 cm³/mol. The maximum Gasteiger partial charge on any atom is 0.227 e. The third-order valence-corrected chi connectivity index (χ3v) is 3.27. The summed E-state index contributed by atoms with van der Waals surface area (Å²) >= 11 is 0. The van der Waals surface area contributed by atoms with Gasteiger partial charge >= 0.3 is 0 Å². The second kappa shape index (κ2) is 4.33. The molecule has 5 nitrogen and oxygen atoms in total. The summed E-state index contributed by atoms with van der Waals surface area (Å²) in [6.07, 6.45) is 0.169. The minimum atomic E-state index is -0.436. The van der Waals surface area contributed by atoms with Crippen molar-refractivity contribution in [3.8, 4) is 0 Å². The highest BCUT2D eigenvalue weighted by atomic mass is 16.2. The summed E-state index contributed by atoms with van der Waals surface area (Å²) in [5, 5.41) is 0. The van der Waals surface area contributed by atoms with Crippen molar-refractivity contribution >= 4 is 23.2 Å². The van der Waals surface area contributed by atoms with E-state index in [2.05, 4.69) is 0 Å². The van der Waals surface area contributed by atoms with Crippen molar-refractivity contribution in [3.63, 3.8) is 0 Å². The molecule has 1 unspecified atom stereocenters. The summed E-state index contributed by atoms with van der Waals surface area (Å²) in [4.78, 5) is 24.7. The number of hydrogen-bond acceptors (Lipinski definition) is 3. The molecule has 2 amide bonds. The van der Waals surface area contributed by atoms with Crippen molar-refractivity contribution in [2.24, 2.45) is 11.7 Å². The Balaban J connectivity index is 2.39. The normalized spacial score (nSPS) is 19.3. The van der Waals surface area contributed by atoms with Crippen LogP contribution in [0.2, 0.25) is 0 Å². The Labute approximate surface area is 106 Å². The summed E-state index contributed by atoms with van der Waals surface area (Å²) in [7, 11) is 0. The van der Waals surface area contributed by atoms with Crippen LogP contribution in [-0.2, 0) is 9.59 Å². The van der Waals surface area contributed by atoms with Gasteiger partial charge in [0.05, 0.1) is 17.3 Å². The number of carbonyl (C=O) groups excluding carboxylic acids is 2. The zero-order chi connectivity index (χ0) is 13.4. The van der Waals surface area contributed by atoms with E-state index in [0.29, 0.717) is 17.9 Å². The van der Waals surface area contributed by atoms with E-state index in [9.17, 15) is 9.59 Å². The van der Waals surface area contributed by atoms with E-state index in [1.807, 2.05) is 26.0 Å². The molecule has 0 aromatic heterocycles. The average Bonchev–Trinajstić information content (AvgIpc) is 2.59. The van der Waals surface area contributed by atoms with Gasteiger partial charge in [-0.1, -0.05) is 6.07 Å². The largest absolute Gasteiger partial charge is 0.397 e. The number of nitrogen functional groups attached to an aromatic ring is 1. The second-order valence-electron chi connectivity index (χ2n) is 4.83. The van der Waals surface area contributed by atoms with Gasteiger partial charge in [-0.3, -0.25) is 9.59 Å². The Morgan fingerprint density at radius 1 is 1.39 bits per heavy atom. The van der Waals surface area contributed by atoms with Gasteiger partial charge in [0, 0.05) is 13.0 Å². The van der Waals surface area contributed by atoms with Crippen LogP contribution in [0.3, 0.4) is 0 Å². The molecular formula is C13H17N3O2. The maximum absolute atomic E-state index is 11.9. The minimum absolute atomic E-state index is 0.0996. The zero-order valence-corrected chi connectivity index (χ0v) is 10.6. The Kier molecular flexibility index (Phi) is 2.98. The highest BCUT2D eigenvalue weighted by Crippen LogP contribution is 2.33. The summed E-state index contributed by atoms with van der Waals surface area (Å²) in [5.74, 6) is -0.954. The second-order valence-corrected chi connectivity index (χ2v) is 4.83. The molecule has 5 heteroatoms. The van der Waals surface area contributed by atoms with Crippen molar-refractivity contribution in [2.45, 2.75) is 20.3 Å². The summed E-state index contributed by atoms with van der Waals surface area (Å²) < 4.78 is 0. The van der Waals surface area contributed by atoms with Gasteiger partial charge in [-0.05, 0) is 31.0 Å². The number of hydrogen-bond donors (Lipinski definition) is 2. The van der Waals surface area contributed by atoms with Crippen molar-refractivity contribution in [1.82, 2.24) is 0 Å². The number of nitrogens with two attached hydrogens (primary N) is 2. The van der Waals surface area contributed by atoms with Gasteiger partial charge < -0.3 is 16.4 Å². The molecule has 0 saturated carbocycles. The van der Waals surface area contributed by atoms with Crippen LogP contribution >= 0.6 is 0 Å². The topological polar surface area (TPSA) is 89.4 Å². The maximum atomic E-state index is 11.9. The van der Waals surface area contributed by atoms with Gasteiger partial charge in [-0.15, -0.1) is 0 Å². The standard InChI is InChI=1S/C13H17N3O2/c1-7-3-8(2)12(10(14)4-7)16-6-9(13(15)18)5-11(16)17/h3-4,9H,5-6,14H2,1-2H3,(H2,15,18). The van der Waals surface area contributed by atoms with Crippen LogP contribution < -0.4 is 16.4 Å². The molecule has 1 saturated heterocycles. The molecule has 1 heterocycles. The molecule has 1 atom stereocenters. The van der Waals surface area contributed by atoms with Crippen LogP contribution in [0.25, 0.3) is 0 Å². The number of benzene rings is 1. The first-order valence-corrected chi connectivity index (χ1v) is 5.86. The Morgan fingerprint density at radius 2 is 2.06 bits per heavy atom. The van der Waals surface area contributed by atoms with Crippen LogP contribution in [0, 0.1) is 19.8 Å². The number of rotatable bonds is 2. The van der Waals surface area contributed by atoms with Crippen LogP contribution in [0.5, 0.6) is 0 Å². The van der Waals surface area contributed by atoms with Gasteiger partial charge in [0.2, 0.25) is 11.8 Å². The molecule has 1 aliphatic rings. The third kappa shape index (κ3) is 2.03. The van der Waals surface area contributed by atoms with E-state index in [1.165, 1.54) is 0 Å². The monoisotopic (exact) mass is 247 g/mol. The van der Waals surface area contributed by atoms with Crippen LogP contribution in [-0.4, -0.2) is 18.4 Å². The van der Waals surface area contributed by atoms with Crippen molar-refractivity contribution in [1.29, 1.82) is 0 Å². The van der Waals surface area contributed by atoms with Crippen molar-refractivity contribution in [2.75, 3.05) is 17.2 Å². The molecule has 1 aliphatic heterocycles. The van der Waals surface area contributed by atoms with E-state index in [0.717, 1.165) is 11.1 Å². The predicted octanol–water partition coefficient (Wildman–Crippen LogP) is 0.724. The first kappa shape index (κ1) is 12.4. The molecule has 1 aromatic carbocycles. The first-order valence-electron chi connectivity index (χ1n) is 5.86. The average molecular weight is 247 g/mol. The fraction of sp³-hybridized carbons (Fsp3) is 0.385. The molecular weight excluding hydrogens is 230 g/mol. The summed E-state index contributed by atoms with van der Waals surface area (Å²) in [6.45, 7) is 4.18. The molecule has 0 radical (unpaired) electrons. The molecule has 18 heavy (non-hydrogen) atoms. The van der Waals surface area contributed by atoms with Crippen LogP contribution in [0.4, 0.5) is 11.4 Å². The Bertz CT molecular complexity index is 502. The fourth-order valence-electron chi connectivity index (χ4n) is 2.48. The highest BCUT2D eigenvalue weighted by molar-refractivity contribution is 6.02. The number of amides is 2. The minimum Gasteiger partial charge on any atom is -0.397 e. The first-order chi connectivity index (χ1) is 8.40. The van der Waals surface area contributed by atoms with E-state index < -0.39 is 11.8 Å². The van der Waals surface area contributed by atoms with E-state index in [1.54, 1.807) is 4.90 Å². The van der Waals surface area contributed by atoms with Gasteiger partial charge in [0.15, 0.2) is 0 Å². The lowest BCUT2D eigenvalue weighted by atomic mass is 10.1. The Morgan fingerprint density at radius 3 is 2.56 bits per heavy atom. The SMILES string of the molecule is Cc1cc(C)c(N2CC(C(N)=O)CC2=O)c(N)c1. The number of nitrogens with zero attached hydrogens (tertiary/aromatic N) is 1. The van der Waals surface area contributed by atoms with Gasteiger partial charge in [0.25, 0.3) is 0 Å². The van der Waals surface area contributed by atoms with E-state index in [4.69, 9.17) is 11.5 Å². The lowest BCUT2D eigenvalue weighted by molar-refractivity contribution is -0.123. The van der Waals surface area contributed by atoms with Crippen LogP contribution in [0.15, 0.2) is 12.1 Å². The Hall–Kier alpha value is -2.04. The molecule has 1 fully saturated rings. The fourth-order valence-corrected chi connectivity index (χ4v) is 2.48. The highest BCUT2D eigenvalue weighted by Gasteiger charge is 2.35. The van der Waals surface area contributed by atoms with Gasteiger partial charge in [-0.25, -0.2) is 0 Å². The van der Waals surface area contributed by atoms with E-state index in [-0.39, 0.29) is 12.3 Å². The van der Waals surface area contributed by atoms with Crippen molar-refractivity contribution in [3.05, 3.63) is 23.3 Å². The van der Waals surface area contributed by atoms with Gasteiger partial charge in [0.1, 0.15) is 0 Å². The number of anilines is 2. The lowest BCUT2D eigenvalue weighted by Gasteiger charge is -2.21. The number of carbonyl (C=O) groups is 2. The quantitative estimate of drug-likeness (QED) is 0.755.